The highest BCUT2D eigenvalue weighted by Crippen LogP contribution is 2.10. The molecule has 1 unspecified atom stereocenters. The summed E-state index contributed by atoms with van der Waals surface area (Å²) in [6.07, 6.45) is 1.53. The Kier molecular flexibility index (Phi) is 5.11. The average molecular weight is 256 g/mol. The van der Waals surface area contributed by atoms with E-state index in [1.807, 2.05) is 26.0 Å². The monoisotopic (exact) mass is 256 g/mol. The van der Waals surface area contributed by atoms with Crippen molar-refractivity contribution in [3.05, 3.63) is 29.8 Å². The molecule has 0 radical (unpaired) electrons. The van der Waals surface area contributed by atoms with Gasteiger partial charge in [0.1, 0.15) is 0 Å². The van der Waals surface area contributed by atoms with Crippen molar-refractivity contribution in [3.8, 4) is 0 Å². The van der Waals surface area contributed by atoms with E-state index in [1.54, 1.807) is 12.1 Å². The molecule has 0 amide bonds. The number of benzene rings is 1. The Morgan fingerprint density at radius 2 is 1.88 bits per heavy atom. The molecule has 1 aromatic carbocycles. The van der Waals surface area contributed by atoms with Crippen molar-refractivity contribution in [2.75, 3.05) is 6.54 Å². The fourth-order valence-corrected chi connectivity index (χ4v) is 2.46. The van der Waals surface area contributed by atoms with E-state index in [1.165, 1.54) is 0 Å². The van der Waals surface area contributed by atoms with E-state index in [0.717, 1.165) is 12.0 Å². The molecule has 1 atom stereocenters. The zero-order valence-electron chi connectivity index (χ0n) is 10.3. The molecule has 1 aromatic rings. The molecule has 0 bridgehead atoms. The van der Waals surface area contributed by atoms with E-state index in [-0.39, 0.29) is 6.04 Å². The summed E-state index contributed by atoms with van der Waals surface area (Å²) in [7, 11) is -3.39. The van der Waals surface area contributed by atoms with Crippen LogP contribution in [-0.4, -0.2) is 21.0 Å². The van der Waals surface area contributed by atoms with Crippen LogP contribution in [0.25, 0.3) is 0 Å². The van der Waals surface area contributed by atoms with Crippen LogP contribution in [0.3, 0.4) is 0 Å². The number of aryl methyl sites for hydroxylation is 1. The van der Waals surface area contributed by atoms with Gasteiger partial charge in [0.2, 0.25) is 10.0 Å². The van der Waals surface area contributed by atoms with Crippen LogP contribution in [0, 0.1) is 0 Å². The van der Waals surface area contributed by atoms with E-state index in [4.69, 9.17) is 5.73 Å². The van der Waals surface area contributed by atoms with Gasteiger partial charge in [-0.25, -0.2) is 13.1 Å². The fourth-order valence-electron chi connectivity index (χ4n) is 1.41. The Hall–Kier alpha value is -0.910. The van der Waals surface area contributed by atoms with E-state index >= 15 is 0 Å². The van der Waals surface area contributed by atoms with Gasteiger partial charge in [0, 0.05) is 12.6 Å². The first-order chi connectivity index (χ1) is 7.95. The molecular formula is C12H20N2O2S. The van der Waals surface area contributed by atoms with E-state index < -0.39 is 10.0 Å². The Labute approximate surface area is 103 Å². The lowest BCUT2D eigenvalue weighted by Gasteiger charge is -2.08. The maximum atomic E-state index is 11.9. The van der Waals surface area contributed by atoms with Crippen LogP contribution in [-0.2, 0) is 16.4 Å². The van der Waals surface area contributed by atoms with Crippen LogP contribution in [0.15, 0.2) is 29.2 Å². The van der Waals surface area contributed by atoms with Crippen molar-refractivity contribution in [3.63, 3.8) is 0 Å². The molecule has 0 aromatic heterocycles. The standard InChI is InChI=1S/C12H20N2O2S/c1-3-11-4-6-12(7-5-11)17(15,16)14-9-8-10(2)13/h4-7,10,14H,3,8-9,13H2,1-2H3. The highest BCUT2D eigenvalue weighted by Gasteiger charge is 2.12. The largest absolute Gasteiger partial charge is 0.328 e. The molecule has 0 saturated heterocycles. The third kappa shape index (κ3) is 4.46. The molecule has 1 rings (SSSR count). The van der Waals surface area contributed by atoms with Gasteiger partial charge in [-0.2, -0.15) is 0 Å². The van der Waals surface area contributed by atoms with Gasteiger partial charge in [0.05, 0.1) is 4.90 Å². The molecule has 0 aliphatic heterocycles. The molecule has 96 valence electrons. The minimum Gasteiger partial charge on any atom is -0.328 e. The minimum absolute atomic E-state index is 0.000155. The molecule has 3 N–H and O–H groups in total. The quantitative estimate of drug-likeness (QED) is 0.805. The summed E-state index contributed by atoms with van der Waals surface area (Å²) >= 11 is 0. The van der Waals surface area contributed by atoms with Crippen LogP contribution < -0.4 is 10.5 Å². The number of sulfonamides is 1. The second kappa shape index (κ2) is 6.14. The van der Waals surface area contributed by atoms with Gasteiger partial charge in [-0.15, -0.1) is 0 Å². The Morgan fingerprint density at radius 1 is 1.29 bits per heavy atom. The number of hydrogen-bond donors (Lipinski definition) is 2. The predicted molar refractivity (Wildman–Crippen MR) is 69.3 cm³/mol. The van der Waals surface area contributed by atoms with E-state index in [2.05, 4.69) is 4.72 Å². The van der Waals surface area contributed by atoms with Crippen molar-refractivity contribution in [2.24, 2.45) is 5.73 Å². The molecule has 17 heavy (non-hydrogen) atoms. The Bertz CT molecular complexity index is 438. The summed E-state index contributed by atoms with van der Waals surface area (Å²) in [4.78, 5) is 0.305. The molecule has 0 spiro atoms. The summed E-state index contributed by atoms with van der Waals surface area (Å²) in [6.45, 7) is 4.25. The Morgan fingerprint density at radius 3 is 2.35 bits per heavy atom. The summed E-state index contributed by atoms with van der Waals surface area (Å²) in [6, 6.07) is 6.93. The van der Waals surface area contributed by atoms with Crippen LogP contribution >= 0.6 is 0 Å². The molecule has 0 aliphatic carbocycles. The van der Waals surface area contributed by atoms with Gasteiger partial charge < -0.3 is 5.73 Å². The smallest absolute Gasteiger partial charge is 0.240 e. The highest BCUT2D eigenvalue weighted by molar-refractivity contribution is 7.89. The second-order valence-corrected chi connectivity index (χ2v) is 5.93. The molecule has 0 aliphatic rings. The van der Waals surface area contributed by atoms with E-state index in [9.17, 15) is 8.42 Å². The predicted octanol–water partition coefficient (Wildman–Crippen LogP) is 1.26. The molecule has 4 nitrogen and oxygen atoms in total. The lowest BCUT2D eigenvalue weighted by Crippen LogP contribution is -2.29. The summed E-state index contributed by atoms with van der Waals surface area (Å²) < 4.78 is 26.3. The lowest BCUT2D eigenvalue weighted by atomic mass is 10.2. The van der Waals surface area contributed by atoms with Gasteiger partial charge >= 0.3 is 0 Å². The first-order valence-corrected chi connectivity index (χ1v) is 7.28. The zero-order valence-corrected chi connectivity index (χ0v) is 11.1. The van der Waals surface area contributed by atoms with Gasteiger partial charge in [0.25, 0.3) is 0 Å². The van der Waals surface area contributed by atoms with Gasteiger partial charge in [-0.1, -0.05) is 19.1 Å². The topological polar surface area (TPSA) is 72.2 Å². The molecule has 5 heteroatoms. The minimum atomic E-state index is -3.39. The number of nitrogens with one attached hydrogen (secondary N) is 1. The number of rotatable bonds is 6. The molecular weight excluding hydrogens is 236 g/mol. The van der Waals surface area contributed by atoms with E-state index in [0.29, 0.717) is 17.9 Å². The van der Waals surface area contributed by atoms with Crippen LogP contribution in [0.4, 0.5) is 0 Å². The average Bonchev–Trinajstić information content (AvgIpc) is 2.28. The zero-order chi connectivity index (χ0) is 12.9. The van der Waals surface area contributed by atoms with Gasteiger partial charge in [-0.05, 0) is 37.5 Å². The maximum absolute atomic E-state index is 11.9. The highest BCUT2D eigenvalue weighted by atomic mass is 32.2. The maximum Gasteiger partial charge on any atom is 0.240 e. The Balaban J connectivity index is 2.68. The van der Waals surface area contributed by atoms with Gasteiger partial charge in [-0.3, -0.25) is 0 Å². The fraction of sp³-hybridized carbons (Fsp3) is 0.500. The molecule has 0 saturated carbocycles. The number of nitrogens with two attached hydrogens (primary N) is 1. The van der Waals surface area contributed by atoms with Crippen LogP contribution in [0.2, 0.25) is 0 Å². The second-order valence-electron chi connectivity index (χ2n) is 4.16. The summed E-state index contributed by atoms with van der Waals surface area (Å²) in [5.74, 6) is 0. The van der Waals surface area contributed by atoms with Crippen molar-refractivity contribution >= 4 is 10.0 Å². The first-order valence-electron chi connectivity index (χ1n) is 5.80. The van der Waals surface area contributed by atoms with Crippen molar-refractivity contribution in [2.45, 2.75) is 37.6 Å². The third-order valence-corrected chi connectivity index (χ3v) is 4.01. The van der Waals surface area contributed by atoms with Crippen molar-refractivity contribution in [1.82, 2.24) is 4.72 Å². The van der Waals surface area contributed by atoms with Crippen molar-refractivity contribution < 1.29 is 8.42 Å². The first kappa shape index (κ1) is 14.2. The SMILES string of the molecule is CCc1ccc(S(=O)(=O)NCCC(C)N)cc1. The normalized spacial score (nSPS) is 13.6. The van der Waals surface area contributed by atoms with Crippen LogP contribution in [0.1, 0.15) is 25.8 Å². The van der Waals surface area contributed by atoms with Crippen molar-refractivity contribution in [1.29, 1.82) is 0 Å². The number of hydrogen-bond acceptors (Lipinski definition) is 3. The summed E-state index contributed by atoms with van der Waals surface area (Å²) in [5, 5.41) is 0. The molecule has 0 fully saturated rings. The third-order valence-electron chi connectivity index (χ3n) is 2.53. The van der Waals surface area contributed by atoms with Crippen LogP contribution in [0.5, 0.6) is 0 Å². The molecule has 0 heterocycles. The summed E-state index contributed by atoms with van der Waals surface area (Å²) in [5.41, 5.74) is 6.69. The lowest BCUT2D eigenvalue weighted by molar-refractivity contribution is 0.572. The van der Waals surface area contributed by atoms with Gasteiger partial charge in [0.15, 0.2) is 0 Å².